The Morgan fingerprint density at radius 3 is 2.44 bits per heavy atom. The largest absolute Gasteiger partial charge is 0.468 e. The van der Waals surface area contributed by atoms with Crippen molar-refractivity contribution in [2.45, 2.75) is 58.5 Å². The molecule has 3 nitrogen and oxygen atoms in total. The second-order valence-electron chi connectivity index (χ2n) is 5.22. The van der Waals surface area contributed by atoms with Crippen LogP contribution < -0.4 is 5.32 Å². The second kappa shape index (κ2) is 6.24. The van der Waals surface area contributed by atoms with Gasteiger partial charge in [0.1, 0.15) is 6.04 Å². The van der Waals surface area contributed by atoms with Crippen LogP contribution in [0.3, 0.4) is 0 Å². The maximum atomic E-state index is 11.7. The summed E-state index contributed by atoms with van der Waals surface area (Å²) in [6.07, 6.45) is 4.56. The highest BCUT2D eigenvalue weighted by Gasteiger charge is 2.33. The van der Waals surface area contributed by atoms with Gasteiger partial charge in [-0.3, -0.25) is 4.79 Å². The van der Waals surface area contributed by atoms with Gasteiger partial charge in [0.05, 0.1) is 7.11 Å². The molecule has 0 amide bonds. The molecular formula is C13H25NO2. The van der Waals surface area contributed by atoms with Crippen molar-refractivity contribution >= 4 is 5.97 Å². The third kappa shape index (κ3) is 4.12. The summed E-state index contributed by atoms with van der Waals surface area (Å²) < 4.78 is 4.86. The summed E-state index contributed by atoms with van der Waals surface area (Å²) in [6.45, 7) is 6.45. The molecule has 2 unspecified atom stereocenters. The minimum atomic E-state index is -0.129. The molecule has 0 aromatic heterocycles. The molecule has 94 valence electrons. The molecule has 0 bridgehead atoms. The molecule has 1 rings (SSSR count). The molecule has 0 aliphatic heterocycles. The molecule has 0 radical (unpaired) electrons. The van der Waals surface area contributed by atoms with Crippen LogP contribution in [0.25, 0.3) is 0 Å². The van der Waals surface area contributed by atoms with Gasteiger partial charge in [-0.15, -0.1) is 0 Å². The van der Waals surface area contributed by atoms with Gasteiger partial charge in [-0.2, -0.15) is 0 Å². The molecule has 3 heteroatoms. The predicted molar refractivity (Wildman–Crippen MR) is 65.2 cm³/mol. The van der Waals surface area contributed by atoms with E-state index in [0.29, 0.717) is 12.0 Å². The molecule has 0 spiro atoms. The Kier molecular flexibility index (Phi) is 5.26. The Balaban J connectivity index is 2.50. The van der Waals surface area contributed by atoms with E-state index in [2.05, 4.69) is 26.1 Å². The molecule has 0 heterocycles. The van der Waals surface area contributed by atoms with E-state index in [1.807, 2.05) is 0 Å². The molecular weight excluding hydrogens is 202 g/mol. The van der Waals surface area contributed by atoms with Crippen LogP contribution in [-0.4, -0.2) is 25.2 Å². The van der Waals surface area contributed by atoms with Crippen molar-refractivity contribution in [2.75, 3.05) is 7.11 Å². The van der Waals surface area contributed by atoms with Gasteiger partial charge < -0.3 is 10.1 Å². The third-order valence-electron chi connectivity index (χ3n) is 3.24. The fourth-order valence-electron chi connectivity index (χ4n) is 2.19. The highest BCUT2D eigenvalue weighted by molar-refractivity contribution is 5.75. The van der Waals surface area contributed by atoms with E-state index >= 15 is 0 Å². The summed E-state index contributed by atoms with van der Waals surface area (Å²) in [6, 6.07) is 0.360. The van der Waals surface area contributed by atoms with E-state index in [4.69, 9.17) is 4.74 Å². The number of hydrogen-bond acceptors (Lipinski definition) is 3. The number of esters is 1. The van der Waals surface area contributed by atoms with Crippen molar-refractivity contribution in [2.24, 2.45) is 11.8 Å². The van der Waals surface area contributed by atoms with Gasteiger partial charge in [0.25, 0.3) is 0 Å². The lowest BCUT2D eigenvalue weighted by Crippen LogP contribution is -2.45. The van der Waals surface area contributed by atoms with Gasteiger partial charge in [-0.1, -0.05) is 20.8 Å². The second-order valence-corrected chi connectivity index (χ2v) is 5.22. The minimum Gasteiger partial charge on any atom is -0.468 e. The fraction of sp³-hybridized carbons (Fsp3) is 0.923. The van der Waals surface area contributed by atoms with Crippen LogP contribution in [-0.2, 0) is 9.53 Å². The normalized spacial score (nSPS) is 19.6. The molecule has 1 N–H and O–H groups in total. The number of carbonyl (C=O) groups excluding carboxylic acids is 1. The van der Waals surface area contributed by atoms with E-state index in [9.17, 15) is 4.79 Å². The zero-order valence-electron chi connectivity index (χ0n) is 11.0. The minimum absolute atomic E-state index is 0.118. The zero-order valence-corrected chi connectivity index (χ0v) is 11.0. The summed E-state index contributed by atoms with van der Waals surface area (Å²) in [5.41, 5.74) is 0. The monoisotopic (exact) mass is 227 g/mol. The first-order valence-electron chi connectivity index (χ1n) is 6.42. The van der Waals surface area contributed by atoms with Gasteiger partial charge in [-0.05, 0) is 37.5 Å². The highest BCUT2D eigenvalue weighted by Crippen LogP contribution is 2.34. The first-order valence-corrected chi connectivity index (χ1v) is 6.42. The number of carbonyl (C=O) groups is 1. The third-order valence-corrected chi connectivity index (χ3v) is 3.24. The fourth-order valence-corrected chi connectivity index (χ4v) is 2.19. The van der Waals surface area contributed by atoms with Crippen molar-refractivity contribution in [1.29, 1.82) is 0 Å². The molecule has 1 saturated carbocycles. The Morgan fingerprint density at radius 1 is 1.44 bits per heavy atom. The van der Waals surface area contributed by atoms with Gasteiger partial charge in [0.15, 0.2) is 0 Å². The Morgan fingerprint density at radius 2 is 2.06 bits per heavy atom. The van der Waals surface area contributed by atoms with Gasteiger partial charge in [-0.25, -0.2) is 0 Å². The van der Waals surface area contributed by atoms with Crippen LogP contribution in [0.1, 0.15) is 46.5 Å². The van der Waals surface area contributed by atoms with Crippen LogP contribution in [0.2, 0.25) is 0 Å². The Labute approximate surface area is 98.9 Å². The Bertz CT molecular complexity index is 224. The van der Waals surface area contributed by atoms with Crippen molar-refractivity contribution in [1.82, 2.24) is 5.32 Å². The topological polar surface area (TPSA) is 38.3 Å². The molecule has 16 heavy (non-hydrogen) atoms. The number of nitrogens with one attached hydrogen (secondary N) is 1. The maximum absolute atomic E-state index is 11.7. The standard InChI is InChI=1S/C13H25NO2/c1-5-11(10-6-7-10)14-12(8-9(2)3)13(15)16-4/h9-12,14H,5-8H2,1-4H3. The van der Waals surface area contributed by atoms with E-state index in [-0.39, 0.29) is 12.0 Å². The number of ether oxygens (including phenoxy) is 1. The van der Waals surface area contributed by atoms with Crippen LogP contribution >= 0.6 is 0 Å². The van der Waals surface area contributed by atoms with Crippen LogP contribution in [0.15, 0.2) is 0 Å². The molecule has 0 aromatic carbocycles. The molecule has 0 saturated heterocycles. The summed E-state index contributed by atoms with van der Waals surface area (Å²) in [5, 5.41) is 3.47. The van der Waals surface area contributed by atoms with E-state index < -0.39 is 0 Å². The predicted octanol–water partition coefficient (Wildman–Crippen LogP) is 2.35. The molecule has 1 fully saturated rings. The molecule has 1 aliphatic carbocycles. The van der Waals surface area contributed by atoms with Gasteiger partial charge in [0.2, 0.25) is 0 Å². The molecule has 1 aliphatic rings. The van der Waals surface area contributed by atoms with E-state index in [1.165, 1.54) is 20.0 Å². The van der Waals surface area contributed by atoms with Crippen molar-refractivity contribution in [3.8, 4) is 0 Å². The number of rotatable bonds is 7. The van der Waals surface area contributed by atoms with Gasteiger partial charge >= 0.3 is 5.97 Å². The first-order chi connectivity index (χ1) is 7.58. The number of hydrogen-bond donors (Lipinski definition) is 1. The molecule has 2 atom stereocenters. The zero-order chi connectivity index (χ0) is 12.1. The lowest BCUT2D eigenvalue weighted by molar-refractivity contribution is -0.143. The van der Waals surface area contributed by atoms with Gasteiger partial charge in [0, 0.05) is 6.04 Å². The summed E-state index contributed by atoms with van der Waals surface area (Å²) in [7, 11) is 1.47. The van der Waals surface area contributed by atoms with Crippen molar-refractivity contribution < 1.29 is 9.53 Å². The van der Waals surface area contributed by atoms with E-state index in [1.54, 1.807) is 0 Å². The lowest BCUT2D eigenvalue weighted by atomic mass is 10.0. The summed E-state index contributed by atoms with van der Waals surface area (Å²) >= 11 is 0. The average Bonchev–Trinajstić information content (AvgIpc) is 3.06. The average molecular weight is 227 g/mol. The smallest absolute Gasteiger partial charge is 0.322 e. The van der Waals surface area contributed by atoms with Crippen LogP contribution in [0.5, 0.6) is 0 Å². The first kappa shape index (κ1) is 13.5. The SMILES string of the molecule is CCC(NC(CC(C)C)C(=O)OC)C1CC1. The lowest BCUT2D eigenvalue weighted by Gasteiger charge is -2.24. The van der Waals surface area contributed by atoms with Crippen LogP contribution in [0.4, 0.5) is 0 Å². The number of methoxy groups -OCH3 is 1. The highest BCUT2D eigenvalue weighted by atomic mass is 16.5. The van der Waals surface area contributed by atoms with E-state index in [0.717, 1.165) is 18.8 Å². The maximum Gasteiger partial charge on any atom is 0.322 e. The van der Waals surface area contributed by atoms with Crippen molar-refractivity contribution in [3.63, 3.8) is 0 Å². The summed E-state index contributed by atoms with van der Waals surface area (Å²) in [5.74, 6) is 1.17. The quantitative estimate of drug-likeness (QED) is 0.678. The molecule has 0 aromatic rings. The van der Waals surface area contributed by atoms with Crippen LogP contribution in [0, 0.1) is 11.8 Å². The Hall–Kier alpha value is -0.570. The van der Waals surface area contributed by atoms with Crippen molar-refractivity contribution in [3.05, 3.63) is 0 Å². The summed E-state index contributed by atoms with van der Waals surface area (Å²) in [4.78, 5) is 11.7.